The molecule has 2 aliphatic rings. The summed E-state index contributed by atoms with van der Waals surface area (Å²) < 4.78 is 0. The zero-order valence-electron chi connectivity index (χ0n) is 13.1. The molecule has 0 radical (unpaired) electrons. The van der Waals surface area contributed by atoms with Crippen molar-refractivity contribution < 1.29 is 9.90 Å². The maximum atomic E-state index is 12.3. The zero-order chi connectivity index (χ0) is 14.8. The molecule has 2 heterocycles. The summed E-state index contributed by atoms with van der Waals surface area (Å²) in [6.45, 7) is 9.08. The molecular formula is C15H29N3O2. The number of nitrogens with zero attached hydrogens (tertiary/aromatic N) is 2. The van der Waals surface area contributed by atoms with Crippen LogP contribution in [0, 0.1) is 0 Å². The Kier molecular flexibility index (Phi) is 4.91. The van der Waals surface area contributed by atoms with Gasteiger partial charge in [-0.3, -0.25) is 4.90 Å². The fourth-order valence-electron chi connectivity index (χ4n) is 3.30. The molecule has 2 atom stereocenters. The molecule has 0 saturated carbocycles. The van der Waals surface area contributed by atoms with Gasteiger partial charge in [0.05, 0.1) is 6.61 Å². The lowest BCUT2D eigenvalue weighted by molar-refractivity contribution is 0.125. The van der Waals surface area contributed by atoms with Gasteiger partial charge in [0.25, 0.3) is 0 Å². The van der Waals surface area contributed by atoms with Crippen molar-refractivity contribution in [1.82, 2.24) is 15.1 Å². The summed E-state index contributed by atoms with van der Waals surface area (Å²) in [4.78, 5) is 16.7. The molecule has 0 aromatic heterocycles. The van der Waals surface area contributed by atoms with Crippen LogP contribution in [0.3, 0.4) is 0 Å². The van der Waals surface area contributed by atoms with E-state index in [2.05, 4.69) is 10.2 Å². The Labute approximate surface area is 122 Å². The molecule has 0 bridgehead atoms. The van der Waals surface area contributed by atoms with E-state index in [1.165, 1.54) is 0 Å². The van der Waals surface area contributed by atoms with Crippen molar-refractivity contribution in [2.45, 2.75) is 64.1 Å². The Morgan fingerprint density at radius 1 is 1.20 bits per heavy atom. The van der Waals surface area contributed by atoms with Gasteiger partial charge in [-0.1, -0.05) is 0 Å². The standard InChI is InChI=1S/C15H29N3O2/c1-15(2,3)16-14(20)18-9-5-6-12(18)10-17-8-4-7-13(17)11-19/h12-13,19H,4-11H2,1-3H3,(H,16,20). The van der Waals surface area contributed by atoms with E-state index in [-0.39, 0.29) is 18.2 Å². The molecule has 5 heteroatoms. The Bertz CT molecular complexity index is 341. The normalized spacial score (nSPS) is 28.1. The number of hydrogen-bond donors (Lipinski definition) is 2. The van der Waals surface area contributed by atoms with E-state index in [1.54, 1.807) is 0 Å². The molecule has 2 saturated heterocycles. The van der Waals surface area contributed by atoms with Crippen LogP contribution in [0.2, 0.25) is 0 Å². The molecule has 2 rings (SSSR count). The lowest BCUT2D eigenvalue weighted by atomic mass is 10.1. The highest BCUT2D eigenvalue weighted by atomic mass is 16.3. The molecule has 2 fully saturated rings. The van der Waals surface area contributed by atoms with Gasteiger partial charge in [-0.15, -0.1) is 0 Å². The van der Waals surface area contributed by atoms with Gasteiger partial charge in [0.1, 0.15) is 0 Å². The molecule has 2 amide bonds. The first-order valence-electron chi connectivity index (χ1n) is 7.84. The Balaban J connectivity index is 1.92. The van der Waals surface area contributed by atoms with Crippen LogP contribution in [0.25, 0.3) is 0 Å². The van der Waals surface area contributed by atoms with E-state index in [4.69, 9.17) is 0 Å². The molecule has 116 valence electrons. The molecule has 0 aliphatic carbocycles. The van der Waals surface area contributed by atoms with Crippen LogP contribution < -0.4 is 5.32 Å². The van der Waals surface area contributed by atoms with E-state index in [0.717, 1.165) is 45.3 Å². The molecule has 0 aromatic carbocycles. The van der Waals surface area contributed by atoms with Crippen molar-refractivity contribution in [2.24, 2.45) is 0 Å². The molecule has 2 aliphatic heterocycles. The Hall–Kier alpha value is -0.810. The molecule has 2 unspecified atom stereocenters. The number of nitrogens with one attached hydrogen (secondary N) is 1. The summed E-state index contributed by atoms with van der Waals surface area (Å²) in [7, 11) is 0. The smallest absolute Gasteiger partial charge is 0.318 e. The van der Waals surface area contributed by atoms with Crippen LogP contribution in [-0.4, -0.2) is 64.8 Å². The Morgan fingerprint density at radius 2 is 1.85 bits per heavy atom. The predicted molar refractivity (Wildman–Crippen MR) is 79.7 cm³/mol. The van der Waals surface area contributed by atoms with Crippen LogP contribution in [0.1, 0.15) is 46.5 Å². The first-order valence-corrected chi connectivity index (χ1v) is 7.84. The molecule has 2 N–H and O–H groups in total. The lowest BCUT2D eigenvalue weighted by Crippen LogP contribution is -2.52. The van der Waals surface area contributed by atoms with Crippen molar-refractivity contribution in [3.05, 3.63) is 0 Å². The number of rotatable bonds is 3. The summed E-state index contributed by atoms with van der Waals surface area (Å²) >= 11 is 0. The van der Waals surface area contributed by atoms with E-state index in [1.807, 2.05) is 25.7 Å². The first-order chi connectivity index (χ1) is 9.40. The number of aliphatic hydroxyl groups excluding tert-OH is 1. The third-order valence-electron chi connectivity index (χ3n) is 4.28. The maximum Gasteiger partial charge on any atom is 0.318 e. The van der Waals surface area contributed by atoms with Crippen molar-refractivity contribution in [1.29, 1.82) is 0 Å². The quantitative estimate of drug-likeness (QED) is 0.823. The van der Waals surface area contributed by atoms with Crippen LogP contribution in [0.5, 0.6) is 0 Å². The van der Waals surface area contributed by atoms with Crippen molar-refractivity contribution in [2.75, 3.05) is 26.2 Å². The summed E-state index contributed by atoms with van der Waals surface area (Å²) in [6, 6.07) is 0.646. The number of aliphatic hydroxyl groups is 1. The van der Waals surface area contributed by atoms with Gasteiger partial charge in [0.15, 0.2) is 0 Å². The van der Waals surface area contributed by atoms with Crippen molar-refractivity contribution in [3.63, 3.8) is 0 Å². The summed E-state index contributed by atoms with van der Waals surface area (Å²) in [5.74, 6) is 0. The second-order valence-corrected chi connectivity index (χ2v) is 7.14. The fraction of sp³-hybridized carbons (Fsp3) is 0.933. The lowest BCUT2D eigenvalue weighted by Gasteiger charge is -2.33. The number of hydrogen-bond acceptors (Lipinski definition) is 3. The average molecular weight is 283 g/mol. The predicted octanol–water partition coefficient (Wildman–Crippen LogP) is 1.42. The van der Waals surface area contributed by atoms with Crippen LogP contribution in [0.15, 0.2) is 0 Å². The van der Waals surface area contributed by atoms with Gasteiger partial charge in [-0.2, -0.15) is 0 Å². The van der Waals surface area contributed by atoms with Gasteiger partial charge in [0, 0.05) is 30.7 Å². The highest BCUT2D eigenvalue weighted by Gasteiger charge is 2.34. The summed E-state index contributed by atoms with van der Waals surface area (Å²) in [5, 5.41) is 12.5. The average Bonchev–Trinajstić information content (AvgIpc) is 2.96. The summed E-state index contributed by atoms with van der Waals surface area (Å²) in [6.07, 6.45) is 4.40. The number of urea groups is 1. The van der Waals surface area contributed by atoms with Gasteiger partial charge < -0.3 is 15.3 Å². The highest BCUT2D eigenvalue weighted by molar-refractivity contribution is 5.75. The number of amides is 2. The maximum absolute atomic E-state index is 12.3. The number of carbonyl (C=O) groups excluding carboxylic acids is 1. The SMILES string of the molecule is CC(C)(C)NC(=O)N1CCCC1CN1CCCC1CO. The largest absolute Gasteiger partial charge is 0.395 e. The van der Waals surface area contributed by atoms with E-state index >= 15 is 0 Å². The molecular weight excluding hydrogens is 254 g/mol. The zero-order valence-corrected chi connectivity index (χ0v) is 13.1. The van der Waals surface area contributed by atoms with Crippen molar-refractivity contribution >= 4 is 6.03 Å². The molecule has 0 spiro atoms. The molecule has 5 nitrogen and oxygen atoms in total. The van der Waals surface area contributed by atoms with E-state index < -0.39 is 0 Å². The summed E-state index contributed by atoms with van der Waals surface area (Å²) in [5.41, 5.74) is -0.189. The minimum Gasteiger partial charge on any atom is -0.395 e. The van der Waals surface area contributed by atoms with Crippen LogP contribution in [-0.2, 0) is 0 Å². The minimum atomic E-state index is -0.189. The van der Waals surface area contributed by atoms with Gasteiger partial charge in [-0.25, -0.2) is 4.79 Å². The Morgan fingerprint density at radius 3 is 2.50 bits per heavy atom. The second-order valence-electron chi connectivity index (χ2n) is 7.14. The highest BCUT2D eigenvalue weighted by Crippen LogP contribution is 2.23. The number of likely N-dealkylation sites (tertiary alicyclic amines) is 2. The third kappa shape index (κ3) is 3.85. The number of carbonyl (C=O) groups is 1. The minimum absolute atomic E-state index is 0.0553. The van der Waals surface area contributed by atoms with E-state index in [0.29, 0.717) is 12.1 Å². The molecule has 0 aromatic rings. The van der Waals surface area contributed by atoms with Gasteiger partial charge in [-0.05, 0) is 53.0 Å². The van der Waals surface area contributed by atoms with E-state index in [9.17, 15) is 9.90 Å². The third-order valence-corrected chi connectivity index (χ3v) is 4.28. The molecule has 20 heavy (non-hydrogen) atoms. The topological polar surface area (TPSA) is 55.8 Å². The van der Waals surface area contributed by atoms with Crippen LogP contribution >= 0.6 is 0 Å². The van der Waals surface area contributed by atoms with Gasteiger partial charge in [0.2, 0.25) is 0 Å². The monoisotopic (exact) mass is 283 g/mol. The van der Waals surface area contributed by atoms with Crippen LogP contribution in [0.4, 0.5) is 4.79 Å². The van der Waals surface area contributed by atoms with Crippen molar-refractivity contribution in [3.8, 4) is 0 Å². The first kappa shape index (κ1) is 15.6. The second kappa shape index (κ2) is 6.31. The van der Waals surface area contributed by atoms with Gasteiger partial charge >= 0.3 is 6.03 Å². The fourth-order valence-corrected chi connectivity index (χ4v) is 3.30.